The van der Waals surface area contributed by atoms with Gasteiger partial charge >= 0.3 is 5.97 Å². The van der Waals surface area contributed by atoms with E-state index in [1.807, 2.05) is 0 Å². The molecule has 1 heterocycles. The normalized spacial score (nSPS) is 9.55. The molecule has 5 heteroatoms. The molecule has 2 radical (unpaired) electrons. The fourth-order valence-corrected chi connectivity index (χ4v) is 0.842. The van der Waals surface area contributed by atoms with Gasteiger partial charge in [-0.15, -0.1) is 0 Å². The summed E-state index contributed by atoms with van der Waals surface area (Å²) < 4.78 is 0. The van der Waals surface area contributed by atoms with Crippen LogP contribution in [-0.2, 0) is 0 Å². The number of aromatic carboxylic acids is 1. The van der Waals surface area contributed by atoms with Crippen molar-refractivity contribution in [2.75, 3.05) is 0 Å². The average Bonchev–Trinajstić information content (AvgIpc) is 1.85. The monoisotopic (exact) mass is 167 g/mol. The third kappa shape index (κ3) is 1.95. The van der Waals surface area contributed by atoms with Crippen molar-refractivity contribution in [3.8, 4) is 0 Å². The Balaban J connectivity index is 3.19. The molecular formula is C6H3BClNO2. The van der Waals surface area contributed by atoms with E-state index in [1.165, 1.54) is 12.1 Å². The Labute approximate surface area is 69.4 Å². The van der Waals surface area contributed by atoms with Gasteiger partial charge in [0.25, 0.3) is 0 Å². The quantitative estimate of drug-likeness (QED) is 0.609. The number of carbonyl (C=O) groups is 1. The lowest BCUT2D eigenvalue weighted by Crippen LogP contribution is -2.13. The molecule has 0 fully saturated rings. The van der Waals surface area contributed by atoms with Crippen molar-refractivity contribution in [2.45, 2.75) is 0 Å². The second-order valence-corrected chi connectivity index (χ2v) is 2.34. The predicted octanol–water partition coefficient (Wildman–Crippen LogP) is 0.227. The number of hydrogen-bond donors (Lipinski definition) is 1. The van der Waals surface area contributed by atoms with Crippen LogP contribution >= 0.6 is 11.6 Å². The molecule has 1 rings (SSSR count). The largest absolute Gasteiger partial charge is 0.477 e. The molecule has 1 N–H and O–H groups in total. The van der Waals surface area contributed by atoms with E-state index in [2.05, 4.69) is 4.98 Å². The summed E-state index contributed by atoms with van der Waals surface area (Å²) in [6.45, 7) is 0. The van der Waals surface area contributed by atoms with Gasteiger partial charge in [-0.1, -0.05) is 11.6 Å². The molecule has 0 saturated heterocycles. The van der Waals surface area contributed by atoms with Crippen molar-refractivity contribution in [3.05, 3.63) is 22.8 Å². The number of hydrogen-bond acceptors (Lipinski definition) is 2. The molecule has 3 nitrogen and oxygen atoms in total. The van der Waals surface area contributed by atoms with Crippen LogP contribution in [0.3, 0.4) is 0 Å². The number of aromatic nitrogens is 1. The summed E-state index contributed by atoms with van der Waals surface area (Å²) >= 11 is 5.51. The maximum atomic E-state index is 10.3. The molecule has 0 amide bonds. The highest BCUT2D eigenvalue weighted by molar-refractivity contribution is 6.35. The summed E-state index contributed by atoms with van der Waals surface area (Å²) in [5.41, 5.74) is -0.0371. The second-order valence-electron chi connectivity index (χ2n) is 1.90. The molecule has 54 valence electrons. The Morgan fingerprint density at radius 3 is 2.73 bits per heavy atom. The number of halogens is 1. The van der Waals surface area contributed by atoms with Crippen LogP contribution in [0.25, 0.3) is 0 Å². The molecule has 0 aliphatic carbocycles. The van der Waals surface area contributed by atoms with Crippen LogP contribution in [0.5, 0.6) is 0 Å². The van der Waals surface area contributed by atoms with E-state index in [0.717, 1.165) is 0 Å². The number of pyridine rings is 1. The van der Waals surface area contributed by atoms with E-state index in [9.17, 15) is 4.79 Å². The molecule has 0 aliphatic rings. The topological polar surface area (TPSA) is 50.2 Å². The van der Waals surface area contributed by atoms with Gasteiger partial charge in [0.1, 0.15) is 13.5 Å². The van der Waals surface area contributed by atoms with E-state index in [4.69, 9.17) is 24.6 Å². The van der Waals surface area contributed by atoms with Crippen LogP contribution in [0.4, 0.5) is 0 Å². The van der Waals surface area contributed by atoms with Gasteiger partial charge in [-0.2, -0.15) is 0 Å². The SMILES string of the molecule is [B]c1cc(Cl)cc(C(=O)O)n1. The van der Waals surface area contributed by atoms with E-state index in [0.29, 0.717) is 0 Å². The first-order chi connectivity index (χ1) is 5.09. The summed E-state index contributed by atoms with van der Waals surface area (Å²) in [4.78, 5) is 13.9. The van der Waals surface area contributed by atoms with Gasteiger partial charge in [-0.25, -0.2) is 4.79 Å². The number of rotatable bonds is 1. The minimum absolute atomic E-state index is 0.106. The van der Waals surface area contributed by atoms with Crippen LogP contribution in [0.1, 0.15) is 10.5 Å². The highest BCUT2D eigenvalue weighted by Crippen LogP contribution is 2.05. The number of nitrogens with zero attached hydrogens (tertiary/aromatic N) is 1. The van der Waals surface area contributed by atoms with Gasteiger partial charge in [-0.3, -0.25) is 4.98 Å². The predicted molar refractivity (Wildman–Crippen MR) is 41.6 cm³/mol. The average molecular weight is 167 g/mol. The van der Waals surface area contributed by atoms with Crippen molar-refractivity contribution in [1.82, 2.24) is 4.98 Å². The molecule has 0 bridgehead atoms. The smallest absolute Gasteiger partial charge is 0.354 e. The molecule has 1 aromatic rings. The zero-order valence-corrected chi connectivity index (χ0v) is 6.17. The Morgan fingerprint density at radius 2 is 2.27 bits per heavy atom. The van der Waals surface area contributed by atoms with Crippen LogP contribution in [0, 0.1) is 0 Å². The van der Waals surface area contributed by atoms with E-state index >= 15 is 0 Å². The third-order valence-corrected chi connectivity index (χ3v) is 1.25. The molecule has 1 aromatic heterocycles. The molecule has 11 heavy (non-hydrogen) atoms. The fraction of sp³-hybridized carbons (Fsp3) is 0. The van der Waals surface area contributed by atoms with Crippen molar-refractivity contribution in [1.29, 1.82) is 0 Å². The standard InChI is InChI=1S/C6H3BClNO2/c7-5-2-3(8)1-4(9-5)6(10)11/h1-2H,(H,10,11). The molecule has 0 atom stereocenters. The van der Waals surface area contributed by atoms with Crippen LogP contribution in [0.15, 0.2) is 12.1 Å². The lowest BCUT2D eigenvalue weighted by molar-refractivity contribution is 0.0691. The molecule has 0 spiro atoms. The van der Waals surface area contributed by atoms with Crippen LogP contribution in [-0.4, -0.2) is 23.9 Å². The maximum absolute atomic E-state index is 10.3. The van der Waals surface area contributed by atoms with Gasteiger partial charge in [-0.05, 0) is 17.7 Å². The van der Waals surface area contributed by atoms with Gasteiger partial charge in [0, 0.05) is 5.02 Å². The Kier molecular flexibility index (Phi) is 2.15. The lowest BCUT2D eigenvalue weighted by atomic mass is 10.0. The number of carboxylic acids is 1. The second kappa shape index (κ2) is 2.92. The molecule has 0 aliphatic heterocycles. The first-order valence-corrected chi connectivity index (χ1v) is 3.14. The highest BCUT2D eigenvalue weighted by atomic mass is 35.5. The van der Waals surface area contributed by atoms with Crippen LogP contribution < -0.4 is 5.59 Å². The van der Waals surface area contributed by atoms with Crippen molar-refractivity contribution >= 4 is 31.0 Å². The highest BCUT2D eigenvalue weighted by Gasteiger charge is 2.04. The fourth-order valence-electron chi connectivity index (χ4n) is 0.627. The van der Waals surface area contributed by atoms with Gasteiger partial charge in [0.2, 0.25) is 0 Å². The third-order valence-electron chi connectivity index (χ3n) is 1.03. The van der Waals surface area contributed by atoms with Gasteiger partial charge < -0.3 is 5.11 Å². The van der Waals surface area contributed by atoms with Gasteiger partial charge in [0.15, 0.2) is 0 Å². The molecule has 0 aromatic carbocycles. The zero-order chi connectivity index (χ0) is 8.43. The van der Waals surface area contributed by atoms with E-state index in [-0.39, 0.29) is 16.3 Å². The van der Waals surface area contributed by atoms with Crippen molar-refractivity contribution in [3.63, 3.8) is 0 Å². The Bertz CT molecular complexity index is 282. The zero-order valence-electron chi connectivity index (χ0n) is 5.41. The summed E-state index contributed by atoms with van der Waals surface area (Å²) in [7, 11) is 5.24. The van der Waals surface area contributed by atoms with E-state index in [1.54, 1.807) is 0 Å². The minimum Gasteiger partial charge on any atom is -0.477 e. The molecular weight excluding hydrogens is 164 g/mol. The Hall–Kier alpha value is -1.03. The van der Waals surface area contributed by atoms with Crippen LogP contribution in [0.2, 0.25) is 5.02 Å². The molecule has 0 saturated carbocycles. The first kappa shape index (κ1) is 8.08. The first-order valence-electron chi connectivity index (χ1n) is 2.76. The van der Waals surface area contributed by atoms with Crippen molar-refractivity contribution < 1.29 is 9.90 Å². The summed E-state index contributed by atoms with van der Waals surface area (Å²) in [5.74, 6) is -1.14. The lowest BCUT2D eigenvalue weighted by Gasteiger charge is -1.96. The summed E-state index contributed by atoms with van der Waals surface area (Å²) in [6, 6.07) is 2.62. The minimum atomic E-state index is -1.14. The summed E-state index contributed by atoms with van der Waals surface area (Å²) in [5, 5.41) is 8.73. The number of carboxylic acid groups (broad SMARTS) is 1. The molecule has 0 unspecified atom stereocenters. The Morgan fingerprint density at radius 1 is 1.64 bits per heavy atom. The van der Waals surface area contributed by atoms with E-state index < -0.39 is 5.97 Å². The van der Waals surface area contributed by atoms with Gasteiger partial charge in [0.05, 0.1) is 0 Å². The summed E-state index contributed by atoms with van der Waals surface area (Å²) in [6.07, 6.45) is 0. The van der Waals surface area contributed by atoms with Crippen molar-refractivity contribution in [2.24, 2.45) is 0 Å². The maximum Gasteiger partial charge on any atom is 0.354 e.